The highest BCUT2D eigenvalue weighted by molar-refractivity contribution is 5.87. The van der Waals surface area contributed by atoms with Crippen LogP contribution in [-0.4, -0.2) is 11.3 Å². The van der Waals surface area contributed by atoms with Gasteiger partial charge in [-0.3, -0.25) is 9.78 Å². The third-order valence-electron chi connectivity index (χ3n) is 3.18. The first-order valence-electron chi connectivity index (χ1n) is 6.24. The molecule has 2 nitrogen and oxygen atoms in total. The molecule has 2 aromatic carbocycles. The van der Waals surface area contributed by atoms with Crippen LogP contribution in [0.3, 0.4) is 0 Å². The van der Waals surface area contributed by atoms with Gasteiger partial charge < -0.3 is 0 Å². The number of carbonyl (C=O) groups is 1. The lowest BCUT2D eigenvalue weighted by Gasteiger charge is -2.06. The fourth-order valence-corrected chi connectivity index (χ4v) is 2.21. The molecule has 0 radical (unpaired) electrons. The summed E-state index contributed by atoms with van der Waals surface area (Å²) >= 11 is 0. The molecule has 0 fully saturated rings. The average Bonchev–Trinajstić information content (AvgIpc) is 2.47. The predicted octanol–water partition coefficient (Wildman–Crippen LogP) is 3.64. The van der Waals surface area contributed by atoms with Gasteiger partial charge in [-0.15, -0.1) is 0 Å². The highest BCUT2D eigenvalue weighted by atomic mass is 16.1. The van der Waals surface area contributed by atoms with Crippen LogP contribution in [0.1, 0.15) is 21.6 Å². The number of aldehydes is 1. The number of para-hydroxylation sites is 1. The van der Waals surface area contributed by atoms with E-state index in [0.29, 0.717) is 12.0 Å². The Kier molecular flexibility index (Phi) is 3.07. The quantitative estimate of drug-likeness (QED) is 0.661. The fourth-order valence-electron chi connectivity index (χ4n) is 2.21. The molecule has 0 saturated heterocycles. The fraction of sp³-hybridized carbons (Fsp3) is 0.0588. The Morgan fingerprint density at radius 2 is 1.68 bits per heavy atom. The first-order valence-corrected chi connectivity index (χ1v) is 6.24. The zero-order valence-corrected chi connectivity index (χ0v) is 10.4. The van der Waals surface area contributed by atoms with E-state index < -0.39 is 0 Å². The van der Waals surface area contributed by atoms with Crippen molar-refractivity contribution < 1.29 is 4.79 Å². The zero-order chi connectivity index (χ0) is 13.1. The van der Waals surface area contributed by atoms with E-state index in [-0.39, 0.29) is 0 Å². The van der Waals surface area contributed by atoms with Gasteiger partial charge in [-0.25, -0.2) is 0 Å². The molecule has 0 spiro atoms. The topological polar surface area (TPSA) is 30.0 Å². The van der Waals surface area contributed by atoms with Gasteiger partial charge in [0.1, 0.15) is 0 Å². The lowest BCUT2D eigenvalue weighted by molar-refractivity contribution is 0.112. The normalized spacial score (nSPS) is 10.5. The van der Waals surface area contributed by atoms with E-state index in [1.54, 1.807) is 0 Å². The van der Waals surface area contributed by atoms with Gasteiger partial charge in [0, 0.05) is 17.4 Å². The molecule has 0 bridgehead atoms. The van der Waals surface area contributed by atoms with Crippen LogP contribution in [0.5, 0.6) is 0 Å². The Morgan fingerprint density at radius 3 is 2.47 bits per heavy atom. The van der Waals surface area contributed by atoms with Gasteiger partial charge in [0.2, 0.25) is 0 Å². The highest BCUT2D eigenvalue weighted by Crippen LogP contribution is 2.18. The number of fused-ring (bicyclic) bond motifs is 1. The Morgan fingerprint density at radius 1 is 0.947 bits per heavy atom. The van der Waals surface area contributed by atoms with E-state index in [2.05, 4.69) is 4.98 Å². The van der Waals surface area contributed by atoms with Crippen LogP contribution in [0.2, 0.25) is 0 Å². The maximum atomic E-state index is 11.2. The van der Waals surface area contributed by atoms with E-state index in [4.69, 9.17) is 0 Å². The zero-order valence-electron chi connectivity index (χ0n) is 10.4. The van der Waals surface area contributed by atoms with Gasteiger partial charge in [0.15, 0.2) is 6.29 Å². The van der Waals surface area contributed by atoms with E-state index in [1.165, 1.54) is 0 Å². The van der Waals surface area contributed by atoms with Crippen molar-refractivity contribution in [1.82, 2.24) is 4.98 Å². The minimum atomic E-state index is 0.669. The van der Waals surface area contributed by atoms with E-state index >= 15 is 0 Å². The minimum absolute atomic E-state index is 0.669. The first kappa shape index (κ1) is 11.6. The van der Waals surface area contributed by atoms with Gasteiger partial charge >= 0.3 is 0 Å². The molecule has 0 unspecified atom stereocenters. The summed E-state index contributed by atoms with van der Waals surface area (Å²) in [4.78, 5) is 15.8. The largest absolute Gasteiger partial charge is 0.298 e. The Bertz CT molecular complexity index is 720. The number of nitrogens with zero attached hydrogens (tertiary/aromatic N) is 1. The molecule has 1 heterocycles. The molecule has 0 N–H and O–H groups in total. The second kappa shape index (κ2) is 5.02. The summed E-state index contributed by atoms with van der Waals surface area (Å²) in [6.45, 7) is 0. The van der Waals surface area contributed by atoms with Crippen LogP contribution in [0.4, 0.5) is 0 Å². The monoisotopic (exact) mass is 247 g/mol. The Balaban J connectivity index is 2.09. The molecule has 3 rings (SSSR count). The highest BCUT2D eigenvalue weighted by Gasteiger charge is 2.07. The Hall–Kier alpha value is -2.48. The molecule has 1 aromatic heterocycles. The lowest BCUT2D eigenvalue weighted by atomic mass is 10.0. The molecule has 19 heavy (non-hydrogen) atoms. The Labute approximate surface area is 111 Å². The van der Waals surface area contributed by atoms with Crippen LogP contribution >= 0.6 is 0 Å². The minimum Gasteiger partial charge on any atom is -0.298 e. The average molecular weight is 247 g/mol. The summed E-state index contributed by atoms with van der Waals surface area (Å²) in [7, 11) is 0. The van der Waals surface area contributed by atoms with E-state index in [1.807, 2.05) is 60.7 Å². The molecular formula is C17H13NO. The molecule has 0 aliphatic rings. The summed E-state index contributed by atoms with van der Waals surface area (Å²) in [5.74, 6) is 0. The van der Waals surface area contributed by atoms with Gasteiger partial charge in [-0.2, -0.15) is 0 Å². The molecule has 0 amide bonds. The molecule has 0 atom stereocenters. The number of hydrogen-bond donors (Lipinski definition) is 0. The number of benzene rings is 2. The van der Waals surface area contributed by atoms with Crippen molar-refractivity contribution in [3.8, 4) is 0 Å². The van der Waals surface area contributed by atoms with E-state index in [0.717, 1.165) is 28.4 Å². The third kappa shape index (κ3) is 2.38. The van der Waals surface area contributed by atoms with Crippen LogP contribution < -0.4 is 0 Å². The van der Waals surface area contributed by atoms with Crippen molar-refractivity contribution >= 4 is 17.2 Å². The SMILES string of the molecule is O=Cc1cc2ccccc2nc1Cc1ccccc1. The van der Waals surface area contributed by atoms with Gasteiger partial charge in [0.25, 0.3) is 0 Å². The summed E-state index contributed by atoms with van der Waals surface area (Å²) in [6, 6.07) is 19.8. The van der Waals surface area contributed by atoms with E-state index in [9.17, 15) is 4.79 Å². The summed E-state index contributed by atoms with van der Waals surface area (Å²) in [5.41, 5.74) is 3.59. The van der Waals surface area contributed by atoms with Gasteiger partial charge in [-0.1, -0.05) is 48.5 Å². The van der Waals surface area contributed by atoms with Gasteiger partial charge in [0.05, 0.1) is 11.2 Å². The summed E-state index contributed by atoms with van der Waals surface area (Å²) < 4.78 is 0. The molecule has 92 valence electrons. The maximum absolute atomic E-state index is 11.2. The molecule has 3 aromatic rings. The smallest absolute Gasteiger partial charge is 0.151 e. The first-order chi connectivity index (χ1) is 9.36. The number of rotatable bonds is 3. The van der Waals surface area contributed by atoms with Crippen molar-refractivity contribution in [3.05, 3.63) is 77.5 Å². The van der Waals surface area contributed by atoms with Crippen molar-refractivity contribution in [2.24, 2.45) is 0 Å². The predicted molar refractivity (Wildman–Crippen MR) is 76.4 cm³/mol. The molecule has 0 saturated carbocycles. The number of aromatic nitrogens is 1. The standard InChI is InChI=1S/C17H13NO/c19-12-15-11-14-8-4-5-9-16(14)18-17(15)10-13-6-2-1-3-7-13/h1-9,11-12H,10H2. The summed E-state index contributed by atoms with van der Waals surface area (Å²) in [6.07, 6.45) is 1.57. The van der Waals surface area contributed by atoms with Crippen molar-refractivity contribution in [1.29, 1.82) is 0 Å². The molecule has 2 heteroatoms. The maximum Gasteiger partial charge on any atom is 0.151 e. The van der Waals surface area contributed by atoms with Crippen molar-refractivity contribution in [2.45, 2.75) is 6.42 Å². The third-order valence-corrected chi connectivity index (χ3v) is 3.18. The lowest BCUT2D eigenvalue weighted by Crippen LogP contribution is -1.99. The van der Waals surface area contributed by atoms with Crippen LogP contribution in [0.25, 0.3) is 10.9 Å². The van der Waals surface area contributed by atoms with Crippen LogP contribution in [0, 0.1) is 0 Å². The van der Waals surface area contributed by atoms with Crippen molar-refractivity contribution in [3.63, 3.8) is 0 Å². The van der Waals surface area contributed by atoms with Crippen molar-refractivity contribution in [2.75, 3.05) is 0 Å². The summed E-state index contributed by atoms with van der Waals surface area (Å²) in [5, 5.41) is 1.00. The second-order valence-electron chi connectivity index (χ2n) is 4.50. The van der Waals surface area contributed by atoms with Crippen LogP contribution in [-0.2, 0) is 6.42 Å². The molecular weight excluding hydrogens is 234 g/mol. The van der Waals surface area contributed by atoms with Gasteiger partial charge in [-0.05, 0) is 17.7 Å². The second-order valence-corrected chi connectivity index (χ2v) is 4.50. The molecule has 0 aliphatic carbocycles. The number of carbonyl (C=O) groups excluding carboxylic acids is 1. The number of hydrogen-bond acceptors (Lipinski definition) is 2. The molecule has 0 aliphatic heterocycles. The van der Waals surface area contributed by atoms with Crippen LogP contribution in [0.15, 0.2) is 60.7 Å². The number of pyridine rings is 1.